The fraction of sp³-hybridized carbons (Fsp3) is 0.786. The first-order valence-electron chi connectivity index (χ1n) is 7.60. The number of aromatic nitrogens is 2. The molecule has 1 spiro atoms. The molecule has 2 aliphatic rings. The first-order valence-corrected chi connectivity index (χ1v) is 9.40. The molecule has 1 aromatic rings. The van der Waals surface area contributed by atoms with Crippen molar-refractivity contribution < 1.29 is 9.90 Å². The number of carbonyl (C=O) groups is 1. The van der Waals surface area contributed by atoms with Gasteiger partial charge in [0.1, 0.15) is 0 Å². The Balaban J connectivity index is 1.55. The lowest BCUT2D eigenvalue weighted by molar-refractivity contribution is -0.133. The van der Waals surface area contributed by atoms with Gasteiger partial charge in [-0.1, -0.05) is 42.4 Å². The second-order valence-corrected chi connectivity index (χ2v) is 8.26. The van der Waals surface area contributed by atoms with Crippen LogP contribution in [0, 0.1) is 5.41 Å². The van der Waals surface area contributed by atoms with Gasteiger partial charge in [-0.2, -0.15) is 0 Å². The molecule has 1 saturated heterocycles. The van der Waals surface area contributed by atoms with Crippen molar-refractivity contribution >= 4 is 34.2 Å². The Morgan fingerprint density at radius 3 is 2.57 bits per heavy atom. The SMILES string of the molecule is O=C(O)CSc1nnc(N2CCC3(CCCCC3)CC2)s1. The van der Waals surface area contributed by atoms with E-state index in [0.717, 1.165) is 22.6 Å². The number of hydrogen-bond acceptors (Lipinski definition) is 6. The van der Waals surface area contributed by atoms with Crippen molar-refractivity contribution in [1.82, 2.24) is 10.2 Å². The van der Waals surface area contributed by atoms with Gasteiger partial charge in [0.2, 0.25) is 5.13 Å². The quantitative estimate of drug-likeness (QED) is 0.856. The van der Waals surface area contributed by atoms with E-state index in [1.165, 1.54) is 68.0 Å². The molecule has 1 aliphatic carbocycles. The van der Waals surface area contributed by atoms with Crippen molar-refractivity contribution in [1.29, 1.82) is 0 Å². The van der Waals surface area contributed by atoms with Gasteiger partial charge < -0.3 is 10.0 Å². The first-order chi connectivity index (χ1) is 10.2. The lowest BCUT2D eigenvalue weighted by atomic mass is 9.68. The molecule has 1 N–H and O–H groups in total. The zero-order valence-electron chi connectivity index (χ0n) is 12.1. The average Bonchev–Trinajstić information content (AvgIpc) is 2.96. The Hall–Kier alpha value is -0.820. The van der Waals surface area contributed by atoms with Crippen molar-refractivity contribution in [3.63, 3.8) is 0 Å². The Morgan fingerprint density at radius 1 is 1.19 bits per heavy atom. The second kappa shape index (κ2) is 6.52. The molecule has 2 heterocycles. The van der Waals surface area contributed by atoms with Gasteiger partial charge in [-0.3, -0.25) is 4.79 Å². The van der Waals surface area contributed by atoms with Crippen LogP contribution in [0.5, 0.6) is 0 Å². The van der Waals surface area contributed by atoms with Crippen LogP contribution in [0.2, 0.25) is 0 Å². The van der Waals surface area contributed by atoms with Crippen molar-refractivity contribution in [2.75, 3.05) is 23.7 Å². The summed E-state index contributed by atoms with van der Waals surface area (Å²) in [6.45, 7) is 2.14. The van der Waals surface area contributed by atoms with Gasteiger partial charge in [0.05, 0.1) is 5.75 Å². The minimum absolute atomic E-state index is 0.0533. The lowest BCUT2D eigenvalue weighted by Gasteiger charge is -2.44. The number of thioether (sulfide) groups is 1. The summed E-state index contributed by atoms with van der Waals surface area (Å²) < 4.78 is 0.755. The monoisotopic (exact) mass is 327 g/mol. The van der Waals surface area contributed by atoms with Gasteiger partial charge in [-0.15, -0.1) is 10.2 Å². The normalized spacial score (nSPS) is 21.6. The molecule has 0 atom stereocenters. The summed E-state index contributed by atoms with van der Waals surface area (Å²) in [6.07, 6.45) is 9.54. The van der Waals surface area contributed by atoms with Gasteiger partial charge >= 0.3 is 5.97 Å². The Bertz CT molecular complexity index is 490. The number of rotatable bonds is 4. The number of hydrogen-bond donors (Lipinski definition) is 1. The van der Waals surface area contributed by atoms with Gasteiger partial charge in [0, 0.05) is 13.1 Å². The summed E-state index contributed by atoms with van der Waals surface area (Å²) in [7, 11) is 0. The van der Waals surface area contributed by atoms with E-state index >= 15 is 0 Å². The molecule has 1 aromatic heterocycles. The van der Waals surface area contributed by atoms with Crippen LogP contribution < -0.4 is 4.90 Å². The molecule has 116 valence electrons. The lowest BCUT2D eigenvalue weighted by Crippen LogP contribution is -2.41. The predicted molar refractivity (Wildman–Crippen MR) is 85.2 cm³/mol. The molecule has 7 heteroatoms. The van der Waals surface area contributed by atoms with E-state index in [9.17, 15) is 4.79 Å². The molecule has 3 rings (SSSR count). The molecule has 0 aromatic carbocycles. The van der Waals surface area contributed by atoms with Crippen molar-refractivity contribution in [2.45, 2.75) is 49.3 Å². The summed E-state index contributed by atoms with van der Waals surface area (Å²) in [5.41, 5.74) is 0.598. The van der Waals surface area contributed by atoms with Crippen LogP contribution >= 0.6 is 23.1 Å². The Morgan fingerprint density at radius 2 is 1.90 bits per heavy atom. The zero-order valence-corrected chi connectivity index (χ0v) is 13.7. The smallest absolute Gasteiger partial charge is 0.313 e. The van der Waals surface area contributed by atoms with Crippen molar-refractivity contribution in [3.8, 4) is 0 Å². The van der Waals surface area contributed by atoms with Crippen LogP contribution in [0.1, 0.15) is 44.9 Å². The maximum Gasteiger partial charge on any atom is 0.313 e. The van der Waals surface area contributed by atoms with Crippen LogP contribution in [0.3, 0.4) is 0 Å². The zero-order chi connectivity index (χ0) is 14.7. The molecule has 21 heavy (non-hydrogen) atoms. The molecule has 0 amide bonds. The van der Waals surface area contributed by atoms with E-state index < -0.39 is 5.97 Å². The fourth-order valence-electron chi connectivity index (χ4n) is 3.49. The molecular weight excluding hydrogens is 306 g/mol. The molecule has 0 unspecified atom stereocenters. The van der Waals surface area contributed by atoms with Crippen molar-refractivity contribution in [3.05, 3.63) is 0 Å². The van der Waals surface area contributed by atoms with Crippen LogP contribution in [0.15, 0.2) is 4.34 Å². The molecule has 1 aliphatic heterocycles. The fourth-order valence-corrected chi connectivity index (χ4v) is 5.10. The highest BCUT2D eigenvalue weighted by Gasteiger charge is 2.36. The number of aliphatic carboxylic acids is 1. The van der Waals surface area contributed by atoms with E-state index in [2.05, 4.69) is 15.1 Å². The Labute approximate surface area is 133 Å². The van der Waals surface area contributed by atoms with E-state index in [1.807, 2.05) is 0 Å². The minimum atomic E-state index is -0.811. The van der Waals surface area contributed by atoms with Gasteiger partial charge in [-0.25, -0.2) is 0 Å². The van der Waals surface area contributed by atoms with E-state index in [1.54, 1.807) is 0 Å². The number of piperidine rings is 1. The number of carboxylic acids is 1. The number of carboxylic acid groups (broad SMARTS) is 1. The van der Waals surface area contributed by atoms with Crippen LogP contribution in [-0.4, -0.2) is 40.1 Å². The predicted octanol–water partition coefficient (Wildman–Crippen LogP) is 3.27. The van der Waals surface area contributed by atoms with Crippen molar-refractivity contribution in [2.24, 2.45) is 5.41 Å². The molecule has 5 nitrogen and oxygen atoms in total. The summed E-state index contributed by atoms with van der Waals surface area (Å²) in [5, 5.41) is 18.0. The molecule has 2 fully saturated rings. The van der Waals surface area contributed by atoms with Crippen LogP contribution in [-0.2, 0) is 4.79 Å². The highest BCUT2D eigenvalue weighted by Crippen LogP contribution is 2.45. The largest absolute Gasteiger partial charge is 0.481 e. The van der Waals surface area contributed by atoms with Crippen LogP contribution in [0.4, 0.5) is 5.13 Å². The van der Waals surface area contributed by atoms with Crippen LogP contribution in [0.25, 0.3) is 0 Å². The molecule has 0 bridgehead atoms. The van der Waals surface area contributed by atoms with E-state index in [0.29, 0.717) is 5.41 Å². The molecule has 1 saturated carbocycles. The average molecular weight is 327 g/mol. The maximum atomic E-state index is 10.6. The maximum absolute atomic E-state index is 10.6. The summed E-state index contributed by atoms with van der Waals surface area (Å²) in [4.78, 5) is 12.9. The van der Waals surface area contributed by atoms with Gasteiger partial charge in [-0.05, 0) is 31.1 Å². The molecule has 0 radical (unpaired) electrons. The standard InChI is InChI=1S/C14H21N3O2S2/c18-11(19)10-20-13-16-15-12(21-13)17-8-6-14(7-9-17)4-2-1-3-5-14/h1-10H2,(H,18,19). The van der Waals surface area contributed by atoms with Gasteiger partial charge in [0.25, 0.3) is 0 Å². The minimum Gasteiger partial charge on any atom is -0.481 e. The summed E-state index contributed by atoms with van der Waals surface area (Å²) in [5.74, 6) is -0.758. The highest BCUT2D eigenvalue weighted by molar-refractivity contribution is 8.01. The third-order valence-corrected chi connectivity index (χ3v) is 6.83. The number of nitrogens with zero attached hydrogens (tertiary/aromatic N) is 3. The third-order valence-electron chi connectivity index (χ3n) is 4.72. The first kappa shape index (κ1) is 15.1. The summed E-state index contributed by atoms with van der Waals surface area (Å²) in [6, 6.07) is 0. The van der Waals surface area contributed by atoms with Gasteiger partial charge in [0.15, 0.2) is 4.34 Å². The highest BCUT2D eigenvalue weighted by atomic mass is 32.2. The van der Waals surface area contributed by atoms with E-state index in [4.69, 9.17) is 5.11 Å². The molecular formula is C14H21N3O2S2. The topological polar surface area (TPSA) is 66.3 Å². The summed E-state index contributed by atoms with van der Waals surface area (Å²) >= 11 is 2.77. The Kier molecular flexibility index (Phi) is 4.69. The van der Waals surface area contributed by atoms with E-state index in [-0.39, 0.29) is 5.75 Å². The number of anilines is 1. The third kappa shape index (κ3) is 3.69. The second-order valence-electron chi connectivity index (χ2n) is 6.08.